The Hall–Kier alpha value is -0.900. The zero-order chi connectivity index (χ0) is 13.2. The first kappa shape index (κ1) is 14.2. The van der Waals surface area contributed by atoms with Crippen LogP contribution in [0.3, 0.4) is 0 Å². The summed E-state index contributed by atoms with van der Waals surface area (Å²) in [5, 5.41) is 0. The lowest BCUT2D eigenvalue weighted by molar-refractivity contribution is -0.145. The molecule has 0 bridgehead atoms. The monoisotopic (exact) mass is 240 g/mol. The van der Waals surface area contributed by atoms with Crippen molar-refractivity contribution in [2.45, 2.75) is 53.0 Å². The SMILES string of the molecule is CCC1(CC)CC(=O)N(C(CN)C(C)C)C1=O. The minimum Gasteiger partial charge on any atom is -0.328 e. The highest BCUT2D eigenvalue weighted by Crippen LogP contribution is 2.40. The van der Waals surface area contributed by atoms with Gasteiger partial charge in [0, 0.05) is 13.0 Å². The van der Waals surface area contributed by atoms with E-state index in [1.54, 1.807) is 0 Å². The van der Waals surface area contributed by atoms with Crippen LogP contribution in [0.15, 0.2) is 0 Å². The molecule has 0 spiro atoms. The molecule has 0 aliphatic carbocycles. The molecule has 0 aromatic rings. The van der Waals surface area contributed by atoms with Crippen molar-refractivity contribution < 1.29 is 9.59 Å². The summed E-state index contributed by atoms with van der Waals surface area (Å²) in [6.07, 6.45) is 1.79. The minimum atomic E-state index is -0.473. The average Bonchev–Trinajstić information content (AvgIpc) is 2.54. The fourth-order valence-corrected chi connectivity index (χ4v) is 2.63. The van der Waals surface area contributed by atoms with E-state index < -0.39 is 5.41 Å². The molecule has 17 heavy (non-hydrogen) atoms. The molecule has 1 rings (SSSR count). The highest BCUT2D eigenvalue weighted by atomic mass is 16.2. The molecule has 0 radical (unpaired) electrons. The lowest BCUT2D eigenvalue weighted by atomic mass is 9.81. The van der Waals surface area contributed by atoms with Gasteiger partial charge >= 0.3 is 0 Å². The first-order valence-electron chi connectivity index (χ1n) is 6.50. The topological polar surface area (TPSA) is 63.4 Å². The van der Waals surface area contributed by atoms with Crippen LogP contribution in [-0.2, 0) is 9.59 Å². The quantitative estimate of drug-likeness (QED) is 0.741. The van der Waals surface area contributed by atoms with Crippen molar-refractivity contribution in [2.24, 2.45) is 17.1 Å². The van der Waals surface area contributed by atoms with Crippen molar-refractivity contribution in [3.8, 4) is 0 Å². The van der Waals surface area contributed by atoms with Crippen LogP contribution < -0.4 is 5.73 Å². The van der Waals surface area contributed by atoms with Crippen LogP contribution in [0.5, 0.6) is 0 Å². The Kier molecular flexibility index (Phi) is 4.31. The molecule has 1 aliphatic rings. The van der Waals surface area contributed by atoms with E-state index in [4.69, 9.17) is 5.73 Å². The van der Waals surface area contributed by atoms with Crippen LogP contribution >= 0.6 is 0 Å². The third kappa shape index (κ3) is 2.23. The van der Waals surface area contributed by atoms with Gasteiger partial charge in [0.15, 0.2) is 0 Å². The summed E-state index contributed by atoms with van der Waals surface area (Å²) in [5.41, 5.74) is 5.23. The molecule has 4 heteroatoms. The molecule has 1 atom stereocenters. The number of rotatable bonds is 5. The Labute approximate surface area is 104 Å². The van der Waals surface area contributed by atoms with Gasteiger partial charge in [0.2, 0.25) is 11.8 Å². The van der Waals surface area contributed by atoms with Crippen molar-refractivity contribution in [3.63, 3.8) is 0 Å². The van der Waals surface area contributed by atoms with Crippen molar-refractivity contribution in [2.75, 3.05) is 6.54 Å². The Bertz CT molecular complexity index is 309. The number of carbonyl (C=O) groups is 2. The van der Waals surface area contributed by atoms with E-state index >= 15 is 0 Å². The fourth-order valence-electron chi connectivity index (χ4n) is 2.63. The van der Waals surface area contributed by atoms with Gasteiger partial charge in [-0.05, 0) is 18.8 Å². The number of amides is 2. The lowest BCUT2D eigenvalue weighted by Gasteiger charge is -2.31. The number of likely N-dealkylation sites (tertiary alicyclic amines) is 1. The van der Waals surface area contributed by atoms with Crippen molar-refractivity contribution in [1.82, 2.24) is 4.90 Å². The summed E-state index contributed by atoms with van der Waals surface area (Å²) in [4.78, 5) is 26.0. The Morgan fingerprint density at radius 1 is 1.29 bits per heavy atom. The molecular formula is C13H24N2O2. The molecular weight excluding hydrogens is 216 g/mol. The smallest absolute Gasteiger partial charge is 0.236 e. The molecule has 0 saturated carbocycles. The molecule has 1 saturated heterocycles. The number of nitrogens with zero attached hydrogens (tertiary/aromatic N) is 1. The third-order valence-electron chi connectivity index (χ3n) is 4.13. The fraction of sp³-hybridized carbons (Fsp3) is 0.846. The maximum atomic E-state index is 12.5. The second-order valence-electron chi connectivity index (χ2n) is 5.28. The lowest BCUT2D eigenvalue weighted by Crippen LogP contribution is -2.48. The highest BCUT2D eigenvalue weighted by molar-refractivity contribution is 6.06. The standard InChI is InChI=1S/C13H24N2O2/c1-5-13(6-2)7-11(16)15(12(13)17)10(8-14)9(3)4/h9-10H,5-8,14H2,1-4H3. The number of carbonyl (C=O) groups excluding carboxylic acids is 2. The van der Waals surface area contributed by atoms with Crippen LogP contribution in [-0.4, -0.2) is 29.3 Å². The summed E-state index contributed by atoms with van der Waals surface area (Å²) in [7, 11) is 0. The van der Waals surface area contributed by atoms with Gasteiger partial charge in [-0.25, -0.2) is 0 Å². The minimum absolute atomic E-state index is 0.0170. The van der Waals surface area contributed by atoms with Crippen LogP contribution in [0.1, 0.15) is 47.0 Å². The summed E-state index contributed by atoms with van der Waals surface area (Å²) < 4.78 is 0. The zero-order valence-corrected chi connectivity index (χ0v) is 11.3. The van der Waals surface area contributed by atoms with Crippen LogP contribution in [0.25, 0.3) is 0 Å². The van der Waals surface area contributed by atoms with Gasteiger partial charge in [-0.15, -0.1) is 0 Å². The van der Waals surface area contributed by atoms with E-state index in [1.165, 1.54) is 4.90 Å². The second kappa shape index (κ2) is 5.17. The van der Waals surface area contributed by atoms with E-state index in [0.29, 0.717) is 13.0 Å². The molecule has 4 nitrogen and oxygen atoms in total. The predicted molar refractivity (Wildman–Crippen MR) is 67.2 cm³/mol. The first-order chi connectivity index (χ1) is 7.93. The number of hydrogen-bond donors (Lipinski definition) is 1. The van der Waals surface area contributed by atoms with E-state index in [-0.39, 0.29) is 23.8 Å². The second-order valence-corrected chi connectivity index (χ2v) is 5.28. The number of nitrogens with two attached hydrogens (primary N) is 1. The van der Waals surface area contributed by atoms with E-state index in [2.05, 4.69) is 0 Å². The van der Waals surface area contributed by atoms with Gasteiger partial charge < -0.3 is 5.73 Å². The van der Waals surface area contributed by atoms with Crippen molar-refractivity contribution in [3.05, 3.63) is 0 Å². The third-order valence-corrected chi connectivity index (χ3v) is 4.13. The summed E-state index contributed by atoms with van der Waals surface area (Å²) >= 11 is 0. The van der Waals surface area contributed by atoms with Gasteiger partial charge in [-0.3, -0.25) is 14.5 Å². The van der Waals surface area contributed by atoms with E-state index in [9.17, 15) is 9.59 Å². The molecule has 1 unspecified atom stereocenters. The highest BCUT2D eigenvalue weighted by Gasteiger charge is 2.51. The van der Waals surface area contributed by atoms with Crippen LogP contribution in [0, 0.1) is 11.3 Å². The van der Waals surface area contributed by atoms with Crippen LogP contribution in [0.4, 0.5) is 0 Å². The average molecular weight is 240 g/mol. The summed E-state index contributed by atoms with van der Waals surface area (Å²) in [6.45, 7) is 8.29. The van der Waals surface area contributed by atoms with E-state index in [1.807, 2.05) is 27.7 Å². The van der Waals surface area contributed by atoms with Gasteiger partial charge in [-0.1, -0.05) is 27.7 Å². The molecule has 1 heterocycles. The largest absolute Gasteiger partial charge is 0.328 e. The van der Waals surface area contributed by atoms with Gasteiger partial charge in [-0.2, -0.15) is 0 Å². The van der Waals surface area contributed by atoms with Crippen molar-refractivity contribution in [1.29, 1.82) is 0 Å². The van der Waals surface area contributed by atoms with Crippen LogP contribution in [0.2, 0.25) is 0 Å². The molecule has 1 fully saturated rings. The Balaban J connectivity index is 3.03. The molecule has 0 aromatic heterocycles. The maximum absolute atomic E-state index is 12.5. The van der Waals surface area contributed by atoms with E-state index in [0.717, 1.165) is 12.8 Å². The van der Waals surface area contributed by atoms with Crippen molar-refractivity contribution >= 4 is 11.8 Å². The predicted octanol–water partition coefficient (Wildman–Crippen LogP) is 1.54. The number of hydrogen-bond acceptors (Lipinski definition) is 3. The Morgan fingerprint density at radius 2 is 1.82 bits per heavy atom. The Morgan fingerprint density at radius 3 is 2.12 bits per heavy atom. The van der Waals surface area contributed by atoms with Gasteiger partial charge in [0.1, 0.15) is 0 Å². The molecule has 2 amide bonds. The molecule has 98 valence electrons. The summed E-state index contributed by atoms with van der Waals surface area (Å²) in [6, 6.07) is -0.157. The molecule has 2 N–H and O–H groups in total. The molecule has 0 aromatic carbocycles. The van der Waals surface area contributed by atoms with Gasteiger partial charge in [0.25, 0.3) is 0 Å². The normalized spacial score (nSPS) is 21.4. The maximum Gasteiger partial charge on any atom is 0.236 e. The molecule has 1 aliphatic heterocycles. The summed E-state index contributed by atoms with van der Waals surface area (Å²) in [5.74, 6) is 0.136. The number of imide groups is 1. The van der Waals surface area contributed by atoms with Gasteiger partial charge in [0.05, 0.1) is 11.5 Å². The first-order valence-corrected chi connectivity index (χ1v) is 6.50. The zero-order valence-electron chi connectivity index (χ0n) is 11.3.